The van der Waals surface area contributed by atoms with E-state index in [1.807, 2.05) is 0 Å². The number of ether oxygens (including phenoxy) is 1. The highest BCUT2D eigenvalue weighted by Crippen LogP contribution is 2.43. The average molecular weight is 323 g/mol. The van der Waals surface area contributed by atoms with Crippen molar-refractivity contribution in [2.45, 2.75) is 57.6 Å². The monoisotopic (exact) mass is 323 g/mol. The minimum absolute atomic E-state index is 0.0172. The maximum absolute atomic E-state index is 6.41. The van der Waals surface area contributed by atoms with E-state index in [1.165, 1.54) is 11.1 Å². The fourth-order valence-electron chi connectivity index (χ4n) is 3.79. The molecule has 0 radical (unpaired) electrons. The first-order chi connectivity index (χ1) is 11.7. The van der Waals surface area contributed by atoms with E-state index in [1.54, 1.807) is 0 Å². The second kappa shape index (κ2) is 7.40. The van der Waals surface area contributed by atoms with Crippen molar-refractivity contribution in [2.75, 3.05) is 6.54 Å². The number of rotatable bonds is 6. The molecular formula is C22H29NO. The summed E-state index contributed by atoms with van der Waals surface area (Å²) in [5, 5.41) is 3.74. The molecule has 128 valence electrons. The third-order valence-electron chi connectivity index (χ3n) is 5.56. The number of benzene rings is 2. The maximum atomic E-state index is 6.41. The third kappa shape index (κ3) is 3.49. The lowest BCUT2D eigenvalue weighted by Crippen LogP contribution is -2.42. The molecule has 1 heterocycles. The van der Waals surface area contributed by atoms with Gasteiger partial charge in [0.1, 0.15) is 11.4 Å². The van der Waals surface area contributed by atoms with Crippen LogP contribution in [0.3, 0.4) is 0 Å². The topological polar surface area (TPSA) is 21.3 Å². The highest BCUT2D eigenvalue weighted by atomic mass is 16.5. The summed E-state index contributed by atoms with van der Waals surface area (Å²) in [7, 11) is 0. The van der Waals surface area contributed by atoms with Crippen LogP contribution in [0.5, 0.6) is 5.75 Å². The molecule has 2 aromatic carbocycles. The molecule has 2 nitrogen and oxygen atoms in total. The zero-order chi connectivity index (χ0) is 17.0. The van der Waals surface area contributed by atoms with E-state index < -0.39 is 0 Å². The van der Waals surface area contributed by atoms with Crippen molar-refractivity contribution in [1.29, 1.82) is 0 Å². The summed E-state index contributed by atoms with van der Waals surface area (Å²) in [4.78, 5) is 0. The quantitative estimate of drug-likeness (QED) is 0.762. The molecule has 2 heteroatoms. The summed E-state index contributed by atoms with van der Waals surface area (Å²) in [6, 6.07) is 19.6. The summed E-state index contributed by atoms with van der Waals surface area (Å²) in [5.74, 6) is 1.58. The Morgan fingerprint density at radius 1 is 1.04 bits per heavy atom. The van der Waals surface area contributed by atoms with Gasteiger partial charge in [-0.3, -0.25) is 0 Å². The van der Waals surface area contributed by atoms with E-state index in [2.05, 4.69) is 80.7 Å². The van der Waals surface area contributed by atoms with Gasteiger partial charge in [0.15, 0.2) is 0 Å². The zero-order valence-corrected chi connectivity index (χ0v) is 15.1. The lowest BCUT2D eigenvalue weighted by atomic mass is 9.79. The van der Waals surface area contributed by atoms with Crippen molar-refractivity contribution in [2.24, 2.45) is 0 Å². The second-order valence-electron chi connectivity index (χ2n) is 6.97. The van der Waals surface area contributed by atoms with Crippen molar-refractivity contribution in [3.63, 3.8) is 0 Å². The largest absolute Gasteiger partial charge is 0.487 e. The SMILES string of the molecule is CCC1(CC)C[C@@H](CNC(C)c2ccccc2)c2ccccc2O1. The summed E-state index contributed by atoms with van der Waals surface area (Å²) >= 11 is 0. The lowest BCUT2D eigenvalue weighted by molar-refractivity contribution is 0.0272. The molecule has 1 aliphatic heterocycles. The number of para-hydroxylation sites is 1. The van der Waals surface area contributed by atoms with Gasteiger partial charge in [-0.25, -0.2) is 0 Å². The Morgan fingerprint density at radius 2 is 1.71 bits per heavy atom. The predicted molar refractivity (Wildman–Crippen MR) is 101 cm³/mol. The molecule has 3 rings (SSSR count). The first kappa shape index (κ1) is 17.0. The molecule has 1 unspecified atom stereocenters. The number of nitrogens with one attached hydrogen (secondary N) is 1. The minimum atomic E-state index is -0.0172. The standard InChI is InChI=1S/C22H29NO/c1-4-22(5-2)15-19(20-13-9-10-14-21(20)24-22)16-23-17(3)18-11-7-6-8-12-18/h6-14,17,19,23H,4-5,15-16H2,1-3H3/t17?,19-/m0/s1. The molecule has 2 aromatic rings. The number of hydrogen-bond donors (Lipinski definition) is 1. The maximum Gasteiger partial charge on any atom is 0.123 e. The molecule has 0 amide bonds. The molecule has 0 saturated carbocycles. The first-order valence-corrected chi connectivity index (χ1v) is 9.23. The third-order valence-corrected chi connectivity index (χ3v) is 5.56. The molecule has 0 fully saturated rings. The van der Waals surface area contributed by atoms with Gasteiger partial charge in [-0.15, -0.1) is 0 Å². The van der Waals surface area contributed by atoms with Crippen molar-refractivity contribution < 1.29 is 4.74 Å². The van der Waals surface area contributed by atoms with Gasteiger partial charge in [0, 0.05) is 18.5 Å². The van der Waals surface area contributed by atoms with Gasteiger partial charge in [-0.05, 0) is 43.4 Å². The van der Waals surface area contributed by atoms with Crippen molar-refractivity contribution in [3.05, 3.63) is 65.7 Å². The van der Waals surface area contributed by atoms with E-state index in [0.29, 0.717) is 12.0 Å². The van der Waals surface area contributed by atoms with Gasteiger partial charge in [0.25, 0.3) is 0 Å². The van der Waals surface area contributed by atoms with E-state index in [0.717, 1.165) is 31.6 Å². The summed E-state index contributed by atoms with van der Waals surface area (Å²) < 4.78 is 6.41. The zero-order valence-electron chi connectivity index (χ0n) is 15.1. The minimum Gasteiger partial charge on any atom is -0.487 e. The Morgan fingerprint density at radius 3 is 2.42 bits per heavy atom. The van der Waals surface area contributed by atoms with E-state index in [-0.39, 0.29) is 5.60 Å². The summed E-state index contributed by atoms with van der Waals surface area (Å²) in [6.45, 7) is 7.72. The number of fused-ring (bicyclic) bond motifs is 1. The van der Waals surface area contributed by atoms with Crippen LogP contribution in [-0.4, -0.2) is 12.1 Å². The van der Waals surface area contributed by atoms with E-state index in [4.69, 9.17) is 4.74 Å². The first-order valence-electron chi connectivity index (χ1n) is 9.23. The molecule has 1 N–H and O–H groups in total. The van der Waals surface area contributed by atoms with Crippen LogP contribution < -0.4 is 10.1 Å². The van der Waals surface area contributed by atoms with E-state index in [9.17, 15) is 0 Å². The highest BCUT2D eigenvalue weighted by molar-refractivity contribution is 5.39. The highest BCUT2D eigenvalue weighted by Gasteiger charge is 2.38. The lowest BCUT2D eigenvalue weighted by Gasteiger charge is -2.42. The molecule has 0 saturated heterocycles. The second-order valence-corrected chi connectivity index (χ2v) is 6.97. The Balaban J connectivity index is 1.76. The van der Waals surface area contributed by atoms with Crippen LogP contribution in [0.2, 0.25) is 0 Å². The van der Waals surface area contributed by atoms with Crippen LogP contribution in [0, 0.1) is 0 Å². The molecular weight excluding hydrogens is 294 g/mol. The van der Waals surface area contributed by atoms with Crippen LogP contribution >= 0.6 is 0 Å². The number of hydrogen-bond acceptors (Lipinski definition) is 2. The molecule has 0 spiro atoms. The molecule has 0 bridgehead atoms. The molecule has 0 aliphatic carbocycles. The van der Waals surface area contributed by atoms with Crippen LogP contribution in [0.25, 0.3) is 0 Å². The summed E-state index contributed by atoms with van der Waals surface area (Å²) in [6.07, 6.45) is 3.21. The Labute approximate surface area is 146 Å². The van der Waals surface area contributed by atoms with Crippen LogP contribution in [-0.2, 0) is 0 Å². The van der Waals surface area contributed by atoms with Gasteiger partial charge in [-0.2, -0.15) is 0 Å². The predicted octanol–water partition coefficient (Wildman–Crippen LogP) is 5.46. The average Bonchev–Trinajstić information content (AvgIpc) is 2.66. The Kier molecular flexibility index (Phi) is 5.25. The van der Waals surface area contributed by atoms with Gasteiger partial charge < -0.3 is 10.1 Å². The van der Waals surface area contributed by atoms with Gasteiger partial charge in [0.05, 0.1) is 0 Å². The van der Waals surface area contributed by atoms with E-state index >= 15 is 0 Å². The molecule has 0 aromatic heterocycles. The van der Waals surface area contributed by atoms with Crippen LogP contribution in [0.1, 0.15) is 63.1 Å². The Bertz CT molecular complexity index is 648. The van der Waals surface area contributed by atoms with Gasteiger partial charge >= 0.3 is 0 Å². The van der Waals surface area contributed by atoms with Crippen molar-refractivity contribution in [1.82, 2.24) is 5.32 Å². The van der Waals surface area contributed by atoms with Crippen molar-refractivity contribution in [3.8, 4) is 5.75 Å². The van der Waals surface area contributed by atoms with Crippen LogP contribution in [0.15, 0.2) is 54.6 Å². The summed E-state index contributed by atoms with van der Waals surface area (Å²) in [5.41, 5.74) is 2.68. The van der Waals surface area contributed by atoms with Crippen molar-refractivity contribution >= 4 is 0 Å². The Hall–Kier alpha value is -1.80. The van der Waals surface area contributed by atoms with Gasteiger partial charge in [-0.1, -0.05) is 62.4 Å². The molecule has 1 aliphatic rings. The fourth-order valence-corrected chi connectivity index (χ4v) is 3.79. The normalized spacial score (nSPS) is 20.0. The smallest absolute Gasteiger partial charge is 0.123 e. The molecule has 2 atom stereocenters. The fraction of sp³-hybridized carbons (Fsp3) is 0.455. The molecule has 24 heavy (non-hydrogen) atoms. The van der Waals surface area contributed by atoms with Crippen LogP contribution in [0.4, 0.5) is 0 Å². The van der Waals surface area contributed by atoms with Gasteiger partial charge in [0.2, 0.25) is 0 Å².